The Morgan fingerprint density at radius 2 is 1.76 bits per heavy atom. The number of rotatable bonds is 9. The molecule has 0 unspecified atom stereocenters. The lowest BCUT2D eigenvalue weighted by molar-refractivity contribution is -0.129. The van der Waals surface area contributed by atoms with Crippen molar-refractivity contribution >= 4 is 28.6 Å². The summed E-state index contributed by atoms with van der Waals surface area (Å²) in [5.41, 5.74) is 4.03. The zero-order valence-electron chi connectivity index (χ0n) is 23.2. The van der Waals surface area contributed by atoms with Crippen LogP contribution in [0.15, 0.2) is 84.1 Å². The second kappa shape index (κ2) is 12.1. The molecule has 0 radical (unpaired) electrons. The Kier molecular flexibility index (Phi) is 7.95. The molecule has 1 saturated heterocycles. The minimum atomic E-state index is 0.119. The number of aromatic amines is 1. The Bertz CT molecular complexity index is 1640. The number of amides is 1. The van der Waals surface area contributed by atoms with E-state index in [1.165, 1.54) is 17.3 Å². The van der Waals surface area contributed by atoms with E-state index in [1.54, 1.807) is 14.2 Å². The van der Waals surface area contributed by atoms with E-state index in [4.69, 9.17) is 9.47 Å². The van der Waals surface area contributed by atoms with Crippen molar-refractivity contribution in [3.05, 3.63) is 84.6 Å². The molecule has 41 heavy (non-hydrogen) atoms. The Morgan fingerprint density at radius 1 is 0.976 bits per heavy atom. The maximum atomic E-state index is 13.3. The largest absolute Gasteiger partial charge is 0.497 e. The number of likely N-dealkylation sites (tertiary alicyclic amines) is 1. The van der Waals surface area contributed by atoms with Crippen molar-refractivity contribution in [2.45, 2.75) is 24.4 Å². The number of aromatic nitrogens is 4. The van der Waals surface area contributed by atoms with Crippen LogP contribution in [-0.4, -0.2) is 63.6 Å². The summed E-state index contributed by atoms with van der Waals surface area (Å²) < 4.78 is 13.2. The van der Waals surface area contributed by atoms with Gasteiger partial charge in [0.2, 0.25) is 5.91 Å². The number of nitrogens with one attached hydrogen (secondary N) is 1. The summed E-state index contributed by atoms with van der Waals surface area (Å²) in [5, 5.41) is 10.8. The summed E-state index contributed by atoms with van der Waals surface area (Å²) in [5.74, 6) is 3.00. The monoisotopic (exact) mass is 567 g/mol. The van der Waals surface area contributed by atoms with Gasteiger partial charge in [0, 0.05) is 41.8 Å². The maximum Gasteiger partial charge on any atom is 0.233 e. The Hall–Kier alpha value is -4.24. The van der Waals surface area contributed by atoms with Crippen LogP contribution in [0.3, 0.4) is 0 Å². The summed E-state index contributed by atoms with van der Waals surface area (Å²) in [6.45, 7) is 1.57. The van der Waals surface area contributed by atoms with E-state index in [-0.39, 0.29) is 11.7 Å². The van der Waals surface area contributed by atoms with Gasteiger partial charge < -0.3 is 19.4 Å². The number of para-hydroxylation sites is 1. The molecule has 210 valence electrons. The van der Waals surface area contributed by atoms with E-state index in [0.29, 0.717) is 28.4 Å². The van der Waals surface area contributed by atoms with Gasteiger partial charge in [-0.1, -0.05) is 60.3 Å². The summed E-state index contributed by atoms with van der Waals surface area (Å²) in [6, 6.07) is 24.3. The van der Waals surface area contributed by atoms with E-state index in [9.17, 15) is 4.79 Å². The predicted molar refractivity (Wildman–Crippen MR) is 162 cm³/mol. The third-order valence-corrected chi connectivity index (χ3v) is 8.66. The average molecular weight is 568 g/mol. The van der Waals surface area contributed by atoms with Crippen LogP contribution < -0.4 is 9.47 Å². The number of carbonyl (C=O) groups excluding carboxylic acids is 1. The summed E-state index contributed by atoms with van der Waals surface area (Å²) in [6.07, 6.45) is 5.05. The molecule has 8 nitrogen and oxygen atoms in total. The molecule has 1 aliphatic heterocycles. The lowest BCUT2D eigenvalue weighted by Crippen LogP contribution is -2.39. The van der Waals surface area contributed by atoms with E-state index in [0.717, 1.165) is 54.5 Å². The molecule has 0 spiro atoms. The molecule has 1 N–H and O–H groups in total. The van der Waals surface area contributed by atoms with Gasteiger partial charge in [0.25, 0.3) is 0 Å². The Labute approximate surface area is 243 Å². The van der Waals surface area contributed by atoms with Crippen LogP contribution >= 0.6 is 11.8 Å². The highest BCUT2D eigenvalue weighted by molar-refractivity contribution is 7.99. The minimum Gasteiger partial charge on any atom is -0.497 e. The first kappa shape index (κ1) is 27.0. The molecule has 3 heterocycles. The van der Waals surface area contributed by atoms with Crippen LogP contribution in [0.25, 0.3) is 28.0 Å². The second-order valence-corrected chi connectivity index (χ2v) is 11.2. The number of piperidine rings is 1. The number of thioether (sulfide) groups is 1. The molecule has 0 bridgehead atoms. The van der Waals surface area contributed by atoms with Gasteiger partial charge in [-0.15, -0.1) is 10.2 Å². The van der Waals surface area contributed by atoms with Gasteiger partial charge in [0.05, 0.1) is 25.7 Å². The first-order valence-electron chi connectivity index (χ1n) is 13.8. The van der Waals surface area contributed by atoms with Crippen molar-refractivity contribution in [1.29, 1.82) is 0 Å². The number of nitrogens with zero attached hydrogens (tertiary/aromatic N) is 4. The van der Waals surface area contributed by atoms with E-state index < -0.39 is 0 Å². The molecule has 2 aromatic heterocycles. The van der Waals surface area contributed by atoms with Crippen molar-refractivity contribution in [1.82, 2.24) is 24.6 Å². The Morgan fingerprint density at radius 3 is 2.54 bits per heavy atom. The zero-order chi connectivity index (χ0) is 28.2. The standard InChI is InChI=1S/C32H33N5O3S/c1-39-24-12-13-29(40-2)28(19-24)37-31(26-20-33-27-11-7-6-10-25(26)27)34-35-32(37)41-21-30(38)36-16-14-23(15-17-36)18-22-8-4-3-5-9-22/h3-13,19-20,23,33H,14-18,21H2,1-2H3. The van der Waals surface area contributed by atoms with Crippen LogP contribution in [0.2, 0.25) is 0 Å². The minimum absolute atomic E-state index is 0.119. The number of hydrogen-bond donors (Lipinski definition) is 1. The number of carbonyl (C=O) groups is 1. The molecule has 5 aromatic rings. The number of ether oxygens (including phenoxy) is 2. The fraction of sp³-hybridized carbons (Fsp3) is 0.281. The van der Waals surface area contributed by atoms with Gasteiger partial charge in [-0.2, -0.15) is 0 Å². The van der Waals surface area contributed by atoms with Gasteiger partial charge in [0.15, 0.2) is 11.0 Å². The summed E-state index contributed by atoms with van der Waals surface area (Å²) in [7, 11) is 3.27. The number of H-pyrrole nitrogens is 1. The smallest absolute Gasteiger partial charge is 0.233 e. The van der Waals surface area contributed by atoms with Crippen LogP contribution in [-0.2, 0) is 11.2 Å². The SMILES string of the molecule is COc1ccc(OC)c(-n2c(SCC(=O)N3CCC(Cc4ccccc4)CC3)nnc2-c2c[nH]c3ccccc23)c1. The van der Waals surface area contributed by atoms with Gasteiger partial charge in [-0.25, -0.2) is 0 Å². The lowest BCUT2D eigenvalue weighted by atomic mass is 9.90. The third kappa shape index (κ3) is 5.67. The first-order valence-corrected chi connectivity index (χ1v) is 14.8. The summed E-state index contributed by atoms with van der Waals surface area (Å²) in [4.78, 5) is 18.6. The Balaban J connectivity index is 1.24. The van der Waals surface area contributed by atoms with Gasteiger partial charge in [0.1, 0.15) is 11.5 Å². The molecule has 1 aliphatic rings. The van der Waals surface area contributed by atoms with Crippen molar-refractivity contribution < 1.29 is 14.3 Å². The van der Waals surface area contributed by atoms with Crippen molar-refractivity contribution in [3.63, 3.8) is 0 Å². The van der Waals surface area contributed by atoms with Crippen molar-refractivity contribution in [2.24, 2.45) is 5.92 Å². The maximum absolute atomic E-state index is 13.3. The van der Waals surface area contributed by atoms with Gasteiger partial charge in [-0.3, -0.25) is 9.36 Å². The second-order valence-electron chi connectivity index (χ2n) is 10.2. The fourth-order valence-corrected chi connectivity index (χ4v) is 6.38. The molecule has 0 saturated carbocycles. The van der Waals surface area contributed by atoms with Crippen LogP contribution in [0.5, 0.6) is 11.5 Å². The molecule has 0 atom stereocenters. The van der Waals surface area contributed by atoms with E-state index in [2.05, 4.69) is 51.6 Å². The van der Waals surface area contributed by atoms with Crippen molar-refractivity contribution in [2.75, 3.05) is 33.1 Å². The average Bonchev–Trinajstić information content (AvgIpc) is 3.64. The number of hydrogen-bond acceptors (Lipinski definition) is 6. The van der Waals surface area contributed by atoms with Crippen LogP contribution in [0.1, 0.15) is 18.4 Å². The van der Waals surface area contributed by atoms with E-state index in [1.807, 2.05) is 52.1 Å². The zero-order valence-corrected chi connectivity index (χ0v) is 24.1. The highest BCUT2D eigenvalue weighted by atomic mass is 32.2. The van der Waals surface area contributed by atoms with Crippen LogP contribution in [0, 0.1) is 5.92 Å². The third-order valence-electron chi connectivity index (χ3n) is 7.75. The topological polar surface area (TPSA) is 85.3 Å². The highest BCUT2D eigenvalue weighted by Crippen LogP contribution is 2.37. The fourth-order valence-electron chi connectivity index (χ4n) is 5.53. The predicted octanol–water partition coefficient (Wildman–Crippen LogP) is 6.01. The molecule has 1 fully saturated rings. The van der Waals surface area contributed by atoms with Crippen LogP contribution in [0.4, 0.5) is 0 Å². The van der Waals surface area contributed by atoms with Crippen molar-refractivity contribution in [3.8, 4) is 28.6 Å². The highest BCUT2D eigenvalue weighted by Gasteiger charge is 2.26. The molecule has 6 rings (SSSR count). The number of fused-ring (bicyclic) bond motifs is 1. The quantitative estimate of drug-likeness (QED) is 0.220. The molecule has 3 aromatic carbocycles. The molecule has 1 amide bonds. The first-order chi connectivity index (χ1) is 20.1. The molecular formula is C32H33N5O3S. The summed E-state index contributed by atoms with van der Waals surface area (Å²) >= 11 is 1.39. The van der Waals surface area contributed by atoms with Gasteiger partial charge in [-0.05, 0) is 48.9 Å². The number of benzene rings is 3. The number of methoxy groups -OCH3 is 2. The molecular weight excluding hydrogens is 534 g/mol. The normalized spacial score (nSPS) is 14.0. The lowest BCUT2D eigenvalue weighted by Gasteiger charge is -2.32. The molecule has 0 aliphatic carbocycles. The van der Waals surface area contributed by atoms with Gasteiger partial charge >= 0.3 is 0 Å². The molecule has 9 heteroatoms. The van der Waals surface area contributed by atoms with E-state index >= 15 is 0 Å².